The molecule has 6 aromatic heterocycles. The molecule has 6 atom stereocenters. The third kappa shape index (κ3) is 25.2. The van der Waals surface area contributed by atoms with Crippen molar-refractivity contribution >= 4 is 92.9 Å². The second kappa shape index (κ2) is 42.6. The van der Waals surface area contributed by atoms with Gasteiger partial charge < -0.3 is 65.7 Å². The largest absolute Gasteiger partial charge is 0.487 e. The Morgan fingerprint density at radius 3 is 1.10 bits per heavy atom. The lowest BCUT2D eigenvalue weighted by molar-refractivity contribution is -0.175. The van der Waals surface area contributed by atoms with Crippen molar-refractivity contribution in [1.82, 2.24) is 0 Å². The second-order valence-electron chi connectivity index (χ2n) is 34.9. The molecular formula is C91H134O20S5. The SMILES string of the molecule is CCC(C)(C)C(=O)OC1(c2ccc(C)o2)CCOC1.CCC(C)(C)C(=O)OC1(c2ccc(C)s2)CCOC1.CCC(C)(C)C(=O)OC1(c2ccc(OC)s2)CCOC1.CCC(C)(C)C(=O)OC1(c2ccco2)CCOC1.CCC(C)(C)C(=O)OC1(c2cccs2)CCCOCC1.CCC(C)(C)C(=O)OC1(c2cccs2)CCCSCC1. The number of aryl methyl sites for hydroxylation is 2. The number of thiophene rings is 4. The summed E-state index contributed by atoms with van der Waals surface area (Å²) in [5, 5.41) is 4.94. The van der Waals surface area contributed by atoms with Crippen LogP contribution >= 0.6 is 57.1 Å². The fourth-order valence-electron chi connectivity index (χ4n) is 12.5. The monoisotopic (exact) mass is 1710 g/mol. The Kier molecular flexibility index (Phi) is 35.7. The zero-order valence-electron chi connectivity index (χ0n) is 73.2. The molecule has 6 aliphatic rings. The van der Waals surface area contributed by atoms with Gasteiger partial charge in [-0.1, -0.05) is 65.0 Å². The van der Waals surface area contributed by atoms with Crippen molar-refractivity contribution < 1.29 is 94.4 Å². The van der Waals surface area contributed by atoms with Gasteiger partial charge in [0.05, 0.1) is 115 Å². The first kappa shape index (κ1) is 97.3. The van der Waals surface area contributed by atoms with E-state index >= 15 is 0 Å². The van der Waals surface area contributed by atoms with E-state index in [2.05, 4.69) is 42.6 Å². The number of thioether (sulfide) groups is 1. The highest BCUT2D eigenvalue weighted by Gasteiger charge is 2.51. The van der Waals surface area contributed by atoms with Gasteiger partial charge in [-0.25, -0.2) is 0 Å². The van der Waals surface area contributed by atoms with Gasteiger partial charge in [0.25, 0.3) is 0 Å². The van der Waals surface area contributed by atoms with Crippen molar-refractivity contribution in [2.24, 2.45) is 32.5 Å². The predicted octanol–water partition coefficient (Wildman–Crippen LogP) is 22.0. The Labute approximate surface area is 711 Å². The second-order valence-corrected chi connectivity index (χ2v) is 40.4. The van der Waals surface area contributed by atoms with Crippen LogP contribution in [0.25, 0.3) is 0 Å². The summed E-state index contributed by atoms with van der Waals surface area (Å²) in [6, 6.07) is 23.6. The van der Waals surface area contributed by atoms with E-state index in [-0.39, 0.29) is 41.4 Å². The summed E-state index contributed by atoms with van der Waals surface area (Å²) in [5.74, 6) is 3.54. The molecule has 6 saturated heterocycles. The van der Waals surface area contributed by atoms with Gasteiger partial charge >= 0.3 is 35.8 Å². The molecule has 6 fully saturated rings. The van der Waals surface area contributed by atoms with Gasteiger partial charge in [0, 0.05) is 59.8 Å². The number of carbonyl (C=O) groups is 6. The molecule has 0 saturated carbocycles. The lowest BCUT2D eigenvalue weighted by Gasteiger charge is -2.35. The summed E-state index contributed by atoms with van der Waals surface area (Å²) in [4.78, 5) is 80.1. The summed E-state index contributed by atoms with van der Waals surface area (Å²) in [5.41, 5.74) is -6.31. The van der Waals surface area contributed by atoms with Gasteiger partial charge in [0.15, 0.2) is 27.5 Å². The van der Waals surface area contributed by atoms with Crippen LogP contribution in [0.5, 0.6) is 5.06 Å². The van der Waals surface area contributed by atoms with Crippen molar-refractivity contribution in [2.45, 2.75) is 275 Å². The molecule has 0 aromatic carbocycles. The summed E-state index contributed by atoms with van der Waals surface area (Å²) in [7, 11) is 1.64. The van der Waals surface area contributed by atoms with Crippen LogP contribution in [-0.4, -0.2) is 121 Å². The zero-order valence-corrected chi connectivity index (χ0v) is 77.2. The van der Waals surface area contributed by atoms with Crippen molar-refractivity contribution in [1.29, 1.82) is 0 Å². The highest BCUT2D eigenvalue weighted by Crippen LogP contribution is 2.48. The quantitative estimate of drug-likeness (QED) is 0.0382. The molecule has 25 heteroatoms. The average Bonchev–Trinajstić information content (AvgIpc) is 1.68. The van der Waals surface area contributed by atoms with Crippen LogP contribution in [0, 0.1) is 46.3 Å². The Balaban J connectivity index is 0.000000193. The van der Waals surface area contributed by atoms with Gasteiger partial charge in [-0.3, -0.25) is 28.8 Å². The van der Waals surface area contributed by atoms with Crippen LogP contribution in [0.3, 0.4) is 0 Å². The third-order valence-corrected chi connectivity index (χ3v) is 29.4. The molecule has 6 aromatic rings. The van der Waals surface area contributed by atoms with Crippen LogP contribution in [-0.2, 0) is 114 Å². The summed E-state index contributed by atoms with van der Waals surface area (Å²) in [6.07, 6.45) is 14.4. The lowest BCUT2D eigenvalue weighted by Crippen LogP contribution is -2.38. The number of hydrogen-bond donors (Lipinski definition) is 0. The van der Waals surface area contributed by atoms with Crippen LogP contribution in [0.15, 0.2) is 98.7 Å². The van der Waals surface area contributed by atoms with Crippen LogP contribution in [0.2, 0.25) is 0 Å². The molecule has 6 unspecified atom stereocenters. The molecule has 20 nitrogen and oxygen atoms in total. The van der Waals surface area contributed by atoms with Gasteiger partial charge in [-0.2, -0.15) is 11.8 Å². The summed E-state index contributed by atoms with van der Waals surface area (Å²) >= 11 is 8.54. The Hall–Kier alpha value is -5.87. The van der Waals surface area contributed by atoms with E-state index in [0.717, 1.165) is 121 Å². The standard InChI is InChI=1S/C16H24O3S.C16H24O2S2.C15H22O4S.C15H22O4.C15H22O3S.C14H20O4/c1-4-15(2,3)14(17)19-16(13-7-5-12-20-13)8-6-10-18-11-9-16;1-4-15(2,3)14(17)18-16(13-7-5-11-20-13)8-6-10-19-12-9-16;1-5-14(2,3)13(16)19-15(8-9-18-10-15)11-6-7-12(17-4)20-11;1-5-14(3,4)13(16)19-15(8-9-17-10-15)12-7-6-11(2)18-12;1-5-14(3,4)13(16)18-15(8-9-17-10-15)12-7-6-11(2)19-12;1-4-13(2,3)12(15)18-14(7-9-16-10-14)11-6-5-8-17-11/h5,7,12H,4,6,8-11H2,1-3H3;5,7,11H,4,6,8-10,12H2,1-3H3;6-7H,5,8-10H2,1-4H3;2*6-7H,5,8-10H2,1-4H3;5-6,8H,4,7,9-10H2,1-3H3. The highest BCUT2D eigenvalue weighted by molar-refractivity contribution is 7.99. The fraction of sp³-hybridized carbons (Fsp3) is 0.670. The first-order chi connectivity index (χ1) is 54.7. The predicted molar refractivity (Wildman–Crippen MR) is 459 cm³/mol. The molecule has 0 spiro atoms. The Bertz CT molecular complexity index is 3790. The van der Waals surface area contributed by atoms with Gasteiger partial charge in [-0.05, 0) is 244 Å². The molecule has 0 amide bonds. The van der Waals surface area contributed by atoms with E-state index in [1.165, 1.54) is 26.8 Å². The first-order valence-corrected chi connectivity index (χ1v) is 46.0. The van der Waals surface area contributed by atoms with Crippen LogP contribution in [0.4, 0.5) is 0 Å². The molecule has 6 aliphatic heterocycles. The molecule has 12 heterocycles. The average molecular weight is 1710 g/mol. The Morgan fingerprint density at radius 1 is 0.371 bits per heavy atom. The number of rotatable bonds is 25. The number of carbonyl (C=O) groups excluding carboxylic acids is 6. The van der Waals surface area contributed by atoms with Crippen LogP contribution < -0.4 is 4.74 Å². The van der Waals surface area contributed by atoms with E-state index in [4.69, 9.17) is 65.7 Å². The fourth-order valence-corrected chi connectivity index (χ4v) is 17.4. The maximum absolute atomic E-state index is 12.6. The van der Waals surface area contributed by atoms with Gasteiger partial charge in [0.1, 0.15) is 28.5 Å². The van der Waals surface area contributed by atoms with Crippen molar-refractivity contribution in [3.05, 3.63) is 131 Å². The minimum absolute atomic E-state index is 0.0553. The summed E-state index contributed by atoms with van der Waals surface area (Å²) < 4.78 is 79.2. The number of esters is 6. The van der Waals surface area contributed by atoms with Gasteiger partial charge in [-0.15, -0.1) is 34.0 Å². The minimum Gasteiger partial charge on any atom is -0.487 e. The smallest absolute Gasteiger partial charge is 0.312 e. The van der Waals surface area contributed by atoms with Crippen molar-refractivity contribution in [2.75, 3.05) is 84.7 Å². The minimum atomic E-state index is -0.752. The number of furan rings is 2. The van der Waals surface area contributed by atoms with Crippen LogP contribution in [0.1, 0.15) is 269 Å². The summed E-state index contributed by atoms with van der Waals surface area (Å²) in [6.45, 7) is 44.5. The third-order valence-electron chi connectivity index (χ3n) is 23.8. The van der Waals surface area contributed by atoms with E-state index in [9.17, 15) is 28.8 Å². The molecule has 0 radical (unpaired) electrons. The van der Waals surface area contributed by atoms with E-state index in [1.807, 2.05) is 185 Å². The maximum atomic E-state index is 12.6. The first-order valence-electron chi connectivity index (χ1n) is 41.5. The van der Waals surface area contributed by atoms with E-state index < -0.39 is 60.5 Å². The molecule has 648 valence electrons. The molecule has 0 bridgehead atoms. The number of ether oxygens (including phenoxy) is 12. The molecule has 12 rings (SSSR count). The van der Waals surface area contributed by atoms with Gasteiger partial charge in [0.2, 0.25) is 0 Å². The maximum Gasteiger partial charge on any atom is 0.312 e. The lowest BCUT2D eigenvalue weighted by atomic mass is 9.88. The highest BCUT2D eigenvalue weighted by atomic mass is 32.2. The topological polar surface area (TPSA) is 239 Å². The molecule has 0 aliphatic carbocycles. The van der Waals surface area contributed by atoms with E-state index in [1.54, 1.807) is 53.4 Å². The van der Waals surface area contributed by atoms with E-state index in [0.29, 0.717) is 90.2 Å². The number of methoxy groups -OCH3 is 1. The number of hydrogen-bond acceptors (Lipinski definition) is 25. The Morgan fingerprint density at radius 2 is 0.750 bits per heavy atom. The van der Waals surface area contributed by atoms with Crippen molar-refractivity contribution in [3.63, 3.8) is 0 Å². The zero-order chi connectivity index (χ0) is 85.5. The molecule has 116 heavy (non-hydrogen) atoms. The molecule has 0 N–H and O–H groups in total. The normalized spacial score (nSPS) is 23.7. The molecular weight excluding hydrogens is 1570 g/mol. The van der Waals surface area contributed by atoms with Crippen molar-refractivity contribution in [3.8, 4) is 5.06 Å².